The molecule has 0 radical (unpaired) electrons. The van der Waals surface area contributed by atoms with Crippen LogP contribution in [-0.2, 0) is 0 Å². The molecule has 0 aliphatic heterocycles. The van der Waals surface area contributed by atoms with E-state index in [4.69, 9.17) is 19.9 Å². The van der Waals surface area contributed by atoms with E-state index in [1.54, 1.807) is 33.5 Å². The molecule has 0 fully saturated rings. The zero-order valence-electron chi connectivity index (χ0n) is 20.0. The first kappa shape index (κ1) is 24.0. The highest BCUT2D eigenvalue weighted by atomic mass is 16.5. The predicted octanol–water partition coefficient (Wildman–Crippen LogP) is 4.58. The van der Waals surface area contributed by atoms with Crippen LogP contribution in [-0.4, -0.2) is 21.3 Å². The van der Waals surface area contributed by atoms with Gasteiger partial charge in [-0.2, -0.15) is 15.8 Å². The molecule has 3 rings (SSSR count). The van der Waals surface area contributed by atoms with Crippen molar-refractivity contribution in [2.24, 2.45) is 28.4 Å². The van der Waals surface area contributed by atoms with Crippen LogP contribution in [0.1, 0.15) is 45.1 Å². The summed E-state index contributed by atoms with van der Waals surface area (Å²) in [4.78, 5) is 0. The summed E-state index contributed by atoms with van der Waals surface area (Å²) in [5.74, 6) is 1.06. The standard InChI is InChI=1S/C26H30N4O3/c1-25(2,3)15-7-8-19-16(9-15)23(18(12-27)24(30)26(19,13-28)14-29)17-10-21(32-5)22(33-6)11-20(17)31-4/h8,10-11,15-16,23H,7,9,30H2,1-6H3. The molecule has 0 amide bonds. The fraction of sp³-hybridized carbons (Fsp3) is 0.500. The molecule has 1 aromatic rings. The molecule has 0 spiro atoms. The van der Waals surface area contributed by atoms with Gasteiger partial charge in [-0.3, -0.25) is 0 Å². The molecule has 0 aromatic heterocycles. The van der Waals surface area contributed by atoms with Crippen molar-refractivity contribution in [1.29, 1.82) is 15.8 Å². The molecule has 0 saturated carbocycles. The summed E-state index contributed by atoms with van der Waals surface area (Å²) >= 11 is 0. The molecule has 7 nitrogen and oxygen atoms in total. The van der Waals surface area contributed by atoms with Crippen molar-refractivity contribution >= 4 is 0 Å². The van der Waals surface area contributed by atoms with Gasteiger partial charge in [0, 0.05) is 17.5 Å². The summed E-state index contributed by atoms with van der Waals surface area (Å²) < 4.78 is 16.6. The quantitative estimate of drug-likeness (QED) is 0.671. The van der Waals surface area contributed by atoms with Gasteiger partial charge in [0.15, 0.2) is 11.5 Å². The van der Waals surface area contributed by atoms with Crippen molar-refractivity contribution < 1.29 is 14.2 Å². The number of hydrogen-bond donors (Lipinski definition) is 1. The van der Waals surface area contributed by atoms with Crippen LogP contribution in [0.3, 0.4) is 0 Å². The Bertz CT molecular complexity index is 1120. The molecule has 2 aliphatic rings. The van der Waals surface area contributed by atoms with E-state index in [1.807, 2.05) is 6.08 Å². The second kappa shape index (κ2) is 8.72. The lowest BCUT2D eigenvalue weighted by Crippen LogP contribution is -2.43. The van der Waals surface area contributed by atoms with Gasteiger partial charge in [-0.25, -0.2) is 0 Å². The molecule has 0 heterocycles. The molecule has 3 atom stereocenters. The third kappa shape index (κ3) is 3.66. The Hall–Kier alpha value is -3.63. The van der Waals surface area contributed by atoms with E-state index < -0.39 is 11.3 Å². The summed E-state index contributed by atoms with van der Waals surface area (Å²) in [6.45, 7) is 6.55. The third-order valence-electron chi connectivity index (χ3n) is 7.15. The van der Waals surface area contributed by atoms with Crippen LogP contribution in [0.25, 0.3) is 0 Å². The van der Waals surface area contributed by atoms with Crippen molar-refractivity contribution in [3.63, 3.8) is 0 Å². The Morgan fingerprint density at radius 2 is 1.55 bits per heavy atom. The van der Waals surface area contributed by atoms with Crippen LogP contribution in [0, 0.1) is 56.7 Å². The molecular weight excluding hydrogens is 416 g/mol. The zero-order valence-corrected chi connectivity index (χ0v) is 20.0. The highest BCUT2D eigenvalue weighted by molar-refractivity contribution is 5.62. The first-order valence-electron chi connectivity index (χ1n) is 10.9. The second-order valence-corrected chi connectivity index (χ2v) is 9.64. The van der Waals surface area contributed by atoms with Crippen molar-refractivity contribution in [3.05, 3.63) is 40.6 Å². The second-order valence-electron chi connectivity index (χ2n) is 9.64. The fourth-order valence-corrected chi connectivity index (χ4v) is 5.20. The van der Waals surface area contributed by atoms with Crippen LogP contribution in [0.4, 0.5) is 0 Å². The molecule has 2 N–H and O–H groups in total. The Labute approximate surface area is 195 Å². The van der Waals surface area contributed by atoms with Crippen molar-refractivity contribution in [2.45, 2.75) is 39.5 Å². The average Bonchev–Trinajstić information content (AvgIpc) is 2.82. The number of nitrogens with zero attached hydrogens (tertiary/aromatic N) is 3. The number of benzene rings is 1. The van der Waals surface area contributed by atoms with E-state index in [-0.39, 0.29) is 22.6 Å². The SMILES string of the molecule is COc1cc(OC)c(C2C(C#N)=C(N)C(C#N)(C#N)C3=CCC(C(C)(C)C)CC32)cc1OC. The first-order chi connectivity index (χ1) is 15.6. The normalized spacial score (nSPS) is 23.8. The van der Waals surface area contributed by atoms with Crippen LogP contribution in [0.15, 0.2) is 35.1 Å². The monoisotopic (exact) mass is 446 g/mol. The molecular formula is C26H30N4O3. The molecule has 3 unspecified atom stereocenters. The average molecular weight is 447 g/mol. The maximum absolute atomic E-state index is 10.2. The highest BCUT2D eigenvalue weighted by Gasteiger charge is 2.54. The fourth-order valence-electron chi connectivity index (χ4n) is 5.20. The Balaban J connectivity index is 2.37. The van der Waals surface area contributed by atoms with Crippen LogP contribution in [0.2, 0.25) is 0 Å². The van der Waals surface area contributed by atoms with Gasteiger partial charge >= 0.3 is 0 Å². The van der Waals surface area contributed by atoms with Gasteiger partial charge in [0.1, 0.15) is 5.75 Å². The molecule has 33 heavy (non-hydrogen) atoms. The van der Waals surface area contributed by atoms with Crippen LogP contribution in [0.5, 0.6) is 17.2 Å². The van der Waals surface area contributed by atoms with Gasteiger partial charge in [-0.1, -0.05) is 26.8 Å². The minimum absolute atomic E-state index is 0.00598. The lowest BCUT2D eigenvalue weighted by Gasteiger charge is -2.46. The summed E-state index contributed by atoms with van der Waals surface area (Å²) in [5.41, 5.74) is 6.40. The van der Waals surface area contributed by atoms with Crippen molar-refractivity contribution in [3.8, 4) is 35.5 Å². The Kier molecular flexibility index (Phi) is 6.35. The number of nitriles is 3. The summed E-state index contributed by atoms with van der Waals surface area (Å²) in [7, 11) is 4.64. The summed E-state index contributed by atoms with van der Waals surface area (Å²) in [6, 6.07) is 10.0. The van der Waals surface area contributed by atoms with E-state index in [0.717, 1.165) is 6.42 Å². The van der Waals surface area contributed by atoms with Crippen molar-refractivity contribution in [2.75, 3.05) is 21.3 Å². The largest absolute Gasteiger partial charge is 0.496 e. The molecule has 172 valence electrons. The van der Waals surface area contributed by atoms with E-state index in [2.05, 4.69) is 39.0 Å². The molecule has 1 aromatic carbocycles. The molecule has 2 aliphatic carbocycles. The number of allylic oxidation sites excluding steroid dienone is 3. The number of hydrogen-bond acceptors (Lipinski definition) is 7. The van der Waals surface area contributed by atoms with E-state index in [0.29, 0.717) is 40.7 Å². The molecule has 0 saturated heterocycles. The van der Waals surface area contributed by atoms with E-state index >= 15 is 0 Å². The zero-order chi connectivity index (χ0) is 24.6. The van der Waals surface area contributed by atoms with Gasteiger partial charge in [0.25, 0.3) is 0 Å². The summed E-state index contributed by atoms with van der Waals surface area (Å²) in [5, 5.41) is 30.4. The first-order valence-corrected chi connectivity index (χ1v) is 10.9. The predicted molar refractivity (Wildman–Crippen MR) is 123 cm³/mol. The lowest BCUT2D eigenvalue weighted by molar-refractivity contribution is 0.179. The number of nitrogens with two attached hydrogens (primary N) is 1. The Morgan fingerprint density at radius 3 is 2.03 bits per heavy atom. The van der Waals surface area contributed by atoms with Gasteiger partial charge < -0.3 is 19.9 Å². The van der Waals surface area contributed by atoms with Crippen LogP contribution >= 0.6 is 0 Å². The minimum Gasteiger partial charge on any atom is -0.496 e. The van der Waals surface area contributed by atoms with E-state index in [1.165, 1.54) is 0 Å². The van der Waals surface area contributed by atoms with E-state index in [9.17, 15) is 15.8 Å². The molecule has 0 bridgehead atoms. The van der Waals surface area contributed by atoms with Gasteiger partial charge in [0.2, 0.25) is 5.41 Å². The minimum atomic E-state index is -1.65. The van der Waals surface area contributed by atoms with Crippen LogP contribution < -0.4 is 19.9 Å². The number of fused-ring (bicyclic) bond motifs is 1. The third-order valence-corrected chi connectivity index (χ3v) is 7.15. The van der Waals surface area contributed by atoms with Crippen molar-refractivity contribution in [1.82, 2.24) is 0 Å². The number of ether oxygens (including phenoxy) is 3. The maximum Gasteiger partial charge on any atom is 0.204 e. The van der Waals surface area contributed by atoms with Gasteiger partial charge in [-0.05, 0) is 41.7 Å². The topological polar surface area (TPSA) is 125 Å². The summed E-state index contributed by atoms with van der Waals surface area (Å²) in [6.07, 6.45) is 3.45. The van der Waals surface area contributed by atoms with Gasteiger partial charge in [0.05, 0.1) is 50.8 Å². The lowest BCUT2D eigenvalue weighted by atomic mass is 9.55. The maximum atomic E-state index is 10.2. The Morgan fingerprint density at radius 1 is 0.970 bits per heavy atom. The highest BCUT2D eigenvalue weighted by Crippen LogP contribution is 2.58. The number of methoxy groups -OCH3 is 3. The number of rotatable bonds is 4. The molecule has 7 heteroatoms. The smallest absolute Gasteiger partial charge is 0.204 e. The van der Waals surface area contributed by atoms with Gasteiger partial charge in [-0.15, -0.1) is 0 Å².